The van der Waals surface area contributed by atoms with Crippen LogP contribution < -0.4 is 21.7 Å². The Morgan fingerprint density at radius 3 is 2.14 bits per heavy atom. The lowest BCUT2D eigenvalue weighted by Crippen LogP contribution is -2.67. The van der Waals surface area contributed by atoms with Crippen LogP contribution in [0.3, 0.4) is 0 Å². The third-order valence-electron chi connectivity index (χ3n) is 9.69. The maximum Gasteiger partial charge on any atom is 0.408 e. The number of nitrogens with one attached hydrogen (secondary N) is 3. The van der Waals surface area contributed by atoms with Gasteiger partial charge in [0.2, 0.25) is 6.29 Å². The highest BCUT2D eigenvalue weighted by Crippen LogP contribution is 2.36. The van der Waals surface area contributed by atoms with E-state index in [0.717, 1.165) is 0 Å². The van der Waals surface area contributed by atoms with Gasteiger partial charge in [0.05, 0.1) is 35.8 Å². The summed E-state index contributed by atoms with van der Waals surface area (Å²) in [7, 11) is 0. The van der Waals surface area contributed by atoms with E-state index < -0.39 is 95.0 Å². The molecule has 2 heterocycles. The lowest BCUT2D eigenvalue weighted by molar-refractivity contribution is -0.384. The molecule has 1 aromatic rings. The first-order valence-corrected chi connectivity index (χ1v) is 19.4. The summed E-state index contributed by atoms with van der Waals surface area (Å²) >= 11 is 0. The summed E-state index contributed by atoms with van der Waals surface area (Å²) in [4.78, 5) is 36.6. The van der Waals surface area contributed by atoms with Crippen LogP contribution >= 0.6 is 0 Å². The molecule has 4 unspecified atom stereocenters. The number of non-ortho nitro benzene ring substituents is 1. The Hall–Kier alpha value is -4.24. The van der Waals surface area contributed by atoms with E-state index in [1.165, 1.54) is 12.1 Å². The van der Waals surface area contributed by atoms with Crippen LogP contribution in [-0.2, 0) is 39.8 Å². The Morgan fingerprint density at radius 1 is 0.983 bits per heavy atom. The number of hydrogen-bond acceptors (Lipinski definition) is 16. The molecule has 0 aromatic heterocycles. The van der Waals surface area contributed by atoms with E-state index in [2.05, 4.69) is 22.5 Å². The lowest BCUT2D eigenvalue weighted by atomic mass is 9.80. The molecule has 19 nitrogen and oxygen atoms in total. The number of aliphatic hydroxyl groups is 3. The fourth-order valence-electron chi connectivity index (χ4n) is 6.91. The van der Waals surface area contributed by atoms with Gasteiger partial charge in [-0.3, -0.25) is 10.1 Å². The molecule has 0 radical (unpaired) electrons. The van der Waals surface area contributed by atoms with E-state index in [1.807, 2.05) is 6.92 Å². The normalized spacial score (nSPS) is 31.5. The van der Waals surface area contributed by atoms with Crippen LogP contribution in [0.4, 0.5) is 15.3 Å². The Kier molecular flexibility index (Phi) is 15.4. The summed E-state index contributed by atoms with van der Waals surface area (Å²) in [5.41, 5.74) is 4.20. The summed E-state index contributed by atoms with van der Waals surface area (Å²) in [6.45, 7) is 17.5. The van der Waals surface area contributed by atoms with Gasteiger partial charge in [0.15, 0.2) is 12.2 Å². The summed E-state index contributed by atoms with van der Waals surface area (Å²) in [6.07, 6.45) is -7.07. The molecule has 4 rings (SSSR count). The Balaban J connectivity index is 1.55. The molecule has 8 N–H and O–H groups in total. The topological polar surface area (TPSA) is 265 Å². The van der Waals surface area contributed by atoms with Crippen LogP contribution in [0.15, 0.2) is 48.6 Å². The molecule has 2 amide bonds. The molecule has 2 aliphatic heterocycles. The Bertz CT molecular complexity index is 1610. The van der Waals surface area contributed by atoms with Crippen molar-refractivity contribution in [2.45, 2.75) is 153 Å². The highest BCUT2D eigenvalue weighted by Gasteiger charge is 2.52. The van der Waals surface area contributed by atoms with Gasteiger partial charge in [-0.05, 0) is 98.1 Å². The molecular weight excluding hydrogens is 762 g/mol. The first kappa shape index (κ1) is 46.4. The summed E-state index contributed by atoms with van der Waals surface area (Å²) in [5, 5.41) is 53.5. The molecule has 1 saturated heterocycles. The highest BCUT2D eigenvalue weighted by molar-refractivity contribution is 5.68. The number of benzene rings is 1. The lowest BCUT2D eigenvalue weighted by Gasteiger charge is -2.48. The molecule has 2 fully saturated rings. The third-order valence-corrected chi connectivity index (χ3v) is 9.69. The van der Waals surface area contributed by atoms with Crippen molar-refractivity contribution in [1.82, 2.24) is 16.0 Å². The number of hydrogen-bond donors (Lipinski definition) is 7. The molecule has 11 atom stereocenters. The summed E-state index contributed by atoms with van der Waals surface area (Å²) < 4.78 is 41.4. The first-order valence-electron chi connectivity index (χ1n) is 19.4. The van der Waals surface area contributed by atoms with Crippen molar-refractivity contribution < 1.29 is 63.0 Å². The number of aliphatic hydroxyl groups excluding tert-OH is 2. The van der Waals surface area contributed by atoms with Gasteiger partial charge in [0.25, 0.3) is 5.69 Å². The molecule has 19 heteroatoms. The van der Waals surface area contributed by atoms with E-state index in [-0.39, 0.29) is 44.2 Å². The van der Waals surface area contributed by atoms with E-state index >= 15 is 0 Å². The number of nitrogens with zero attached hydrogens (tertiary/aromatic N) is 1. The van der Waals surface area contributed by atoms with Crippen LogP contribution in [0.5, 0.6) is 0 Å². The van der Waals surface area contributed by atoms with Crippen LogP contribution in [0.25, 0.3) is 0 Å². The monoisotopic (exact) mass is 823 g/mol. The minimum Gasteiger partial charge on any atom is -0.475 e. The zero-order valence-electron chi connectivity index (χ0n) is 34.5. The molecule has 58 heavy (non-hydrogen) atoms. The second kappa shape index (κ2) is 19.2. The maximum atomic E-state index is 13.1. The van der Waals surface area contributed by atoms with E-state index in [9.17, 15) is 35.0 Å². The van der Waals surface area contributed by atoms with Gasteiger partial charge in [-0.25, -0.2) is 9.59 Å². The fraction of sp³-hybridized carbons (Fsp3) is 0.692. The molecular formula is C39H61N5O14. The first-order chi connectivity index (χ1) is 27.0. The van der Waals surface area contributed by atoms with Gasteiger partial charge in [-0.1, -0.05) is 6.92 Å². The van der Waals surface area contributed by atoms with E-state index in [4.69, 9.17) is 38.9 Å². The number of ether oxygens (including phenoxy) is 7. The van der Waals surface area contributed by atoms with Gasteiger partial charge in [-0.2, -0.15) is 0 Å². The maximum absolute atomic E-state index is 13.1. The molecule has 1 aromatic carbocycles. The van der Waals surface area contributed by atoms with Crippen LogP contribution in [0.2, 0.25) is 0 Å². The largest absolute Gasteiger partial charge is 0.475 e. The summed E-state index contributed by atoms with van der Waals surface area (Å²) in [6, 6.07) is 3.15. The second-order valence-electron chi connectivity index (χ2n) is 17.0. The van der Waals surface area contributed by atoms with Crippen molar-refractivity contribution in [2.24, 2.45) is 11.7 Å². The van der Waals surface area contributed by atoms with Crippen molar-refractivity contribution in [1.29, 1.82) is 0 Å². The number of nitro groups is 1. The van der Waals surface area contributed by atoms with E-state index in [0.29, 0.717) is 17.7 Å². The Morgan fingerprint density at radius 2 is 1.57 bits per heavy atom. The van der Waals surface area contributed by atoms with Gasteiger partial charge in [0, 0.05) is 24.1 Å². The molecule has 0 bridgehead atoms. The number of carbonyl (C=O) groups excluding carboxylic acids is 2. The standard InChI is InChI=1S/C39H61N5O14/c1-10-25-29(45)34(53-20-39(25,9)49)55-31-26(40)17-28(43-36(48)58-38(6,7)8)32(30(31)46)56-33-27(42-35(47)57-37(3,4)5)16-15-24(54-33)18-41-21(2)52-19-22-11-13-23(14-12-22)44(50)51/h11-15,25-34,41,45-46,49H,2,10,16-20,40H2,1,3-9H3,(H,42,47)(H,43,48)/t25-,26?,27-,28?,29?,30-,31+,32-,33-,34?,39+/m1/s1. The zero-order valence-corrected chi connectivity index (χ0v) is 34.5. The number of nitro benzene ring substituents is 1. The fourth-order valence-corrected chi connectivity index (χ4v) is 6.91. The van der Waals surface area contributed by atoms with Gasteiger partial charge >= 0.3 is 12.2 Å². The predicted molar refractivity (Wildman–Crippen MR) is 207 cm³/mol. The average molecular weight is 824 g/mol. The van der Waals surface area contributed by atoms with Crippen molar-refractivity contribution in [3.8, 4) is 0 Å². The average Bonchev–Trinajstić information content (AvgIpc) is 3.10. The zero-order chi connectivity index (χ0) is 43.2. The number of carbonyl (C=O) groups is 2. The van der Waals surface area contributed by atoms with Gasteiger partial charge < -0.3 is 70.2 Å². The van der Waals surface area contributed by atoms with Crippen molar-refractivity contribution in [2.75, 3.05) is 13.2 Å². The van der Waals surface area contributed by atoms with Crippen LogP contribution in [0, 0.1) is 16.0 Å². The van der Waals surface area contributed by atoms with Crippen molar-refractivity contribution in [3.05, 3.63) is 64.2 Å². The predicted octanol–water partition coefficient (Wildman–Crippen LogP) is 2.95. The smallest absolute Gasteiger partial charge is 0.408 e. The number of nitrogens with two attached hydrogens (primary N) is 1. The Labute approximate surface area is 338 Å². The SMILES string of the molecule is C=C(NCC1=CC[C@@H](NC(=O)OC(C)(C)C)[C@@H](O[C@@H]2C(NC(=O)OC(C)(C)C)CC(N)[C@H](OC3OC[C@](C)(O)[C@H](CC)C3O)[C@H]2O)O1)OCc1ccc([N+](=O)[O-])cc1. The third kappa shape index (κ3) is 13.1. The highest BCUT2D eigenvalue weighted by atomic mass is 16.7. The number of rotatable bonds is 14. The number of amides is 2. The quantitative estimate of drug-likeness (QED) is 0.0808. The van der Waals surface area contributed by atoms with Gasteiger partial charge in [-0.15, -0.1) is 0 Å². The minimum absolute atomic E-state index is 0.0103. The second-order valence-corrected chi connectivity index (χ2v) is 17.0. The molecule has 326 valence electrons. The number of alkyl carbamates (subject to hydrolysis) is 2. The molecule has 3 aliphatic rings. The minimum atomic E-state index is -1.56. The molecule has 0 spiro atoms. The van der Waals surface area contributed by atoms with E-state index in [1.54, 1.807) is 66.7 Å². The van der Waals surface area contributed by atoms with Crippen molar-refractivity contribution >= 4 is 17.9 Å². The van der Waals surface area contributed by atoms with Crippen LogP contribution in [0.1, 0.15) is 80.2 Å². The van der Waals surface area contributed by atoms with Crippen LogP contribution in [-0.4, -0.2) is 118 Å². The molecule has 1 saturated carbocycles. The summed E-state index contributed by atoms with van der Waals surface area (Å²) in [5.74, 6) is -0.0727. The van der Waals surface area contributed by atoms with Crippen molar-refractivity contribution in [3.63, 3.8) is 0 Å². The van der Waals surface area contributed by atoms with Gasteiger partial charge in [0.1, 0.15) is 48.0 Å². The molecule has 1 aliphatic carbocycles.